The molecule has 0 aliphatic heterocycles. The molecule has 0 bridgehead atoms. The average Bonchev–Trinajstić information content (AvgIpc) is 4.03. The predicted octanol–water partition coefficient (Wildman–Crippen LogP) is 14.4. The minimum Gasteiger partial charge on any atom is -0.309 e. The van der Waals surface area contributed by atoms with Crippen molar-refractivity contribution in [2.24, 2.45) is 0 Å². The maximum absolute atomic E-state index is 5.62. The molecule has 0 radical (unpaired) electrons. The average molecular weight is 749 g/mol. The van der Waals surface area contributed by atoms with Gasteiger partial charge in [0.2, 0.25) is 0 Å². The Balaban J connectivity index is 1.19. The predicted molar refractivity (Wildman–Crippen MR) is 248 cm³/mol. The fraction of sp³-hybridized carbons (Fsp3) is 0. The van der Waals surface area contributed by atoms with Gasteiger partial charge in [-0.15, -0.1) is 0 Å². The van der Waals surface area contributed by atoms with Crippen LogP contribution in [0.1, 0.15) is 0 Å². The van der Waals surface area contributed by atoms with Gasteiger partial charge in [-0.25, -0.2) is 4.98 Å². The van der Waals surface area contributed by atoms with Crippen LogP contribution in [0.2, 0.25) is 0 Å². The van der Waals surface area contributed by atoms with Gasteiger partial charge >= 0.3 is 0 Å². The molecular formula is C55H32N4. The summed E-state index contributed by atoms with van der Waals surface area (Å²) in [6.07, 6.45) is 0. The lowest BCUT2D eigenvalue weighted by atomic mass is 10.0. The summed E-state index contributed by atoms with van der Waals surface area (Å²) in [5, 5.41) is 13.5. The van der Waals surface area contributed by atoms with Gasteiger partial charge in [-0.2, -0.15) is 0 Å². The number of rotatable bonds is 3. The van der Waals surface area contributed by atoms with Gasteiger partial charge in [-0.3, -0.25) is 0 Å². The third kappa shape index (κ3) is 4.04. The number of para-hydroxylation sites is 5. The first-order valence-electron chi connectivity index (χ1n) is 20.3. The van der Waals surface area contributed by atoms with Gasteiger partial charge in [0.1, 0.15) is 0 Å². The molecule has 0 aliphatic rings. The maximum Gasteiger partial charge on any atom is 0.0950 e. The number of pyridine rings is 1. The van der Waals surface area contributed by atoms with E-state index in [1.165, 1.54) is 92.5 Å². The zero-order valence-corrected chi connectivity index (χ0v) is 31.8. The quantitative estimate of drug-likeness (QED) is 0.177. The van der Waals surface area contributed by atoms with Crippen molar-refractivity contribution >= 4 is 103 Å². The van der Waals surface area contributed by atoms with Crippen molar-refractivity contribution in [3.8, 4) is 22.6 Å². The van der Waals surface area contributed by atoms with E-state index >= 15 is 0 Å². The first-order chi connectivity index (χ1) is 29.3. The van der Waals surface area contributed by atoms with Crippen molar-refractivity contribution in [2.45, 2.75) is 0 Å². The van der Waals surface area contributed by atoms with Gasteiger partial charge in [0, 0.05) is 65.1 Å². The van der Waals surface area contributed by atoms with E-state index in [0.717, 1.165) is 33.5 Å². The van der Waals surface area contributed by atoms with E-state index < -0.39 is 0 Å². The second-order valence-corrected chi connectivity index (χ2v) is 15.9. The van der Waals surface area contributed by atoms with Gasteiger partial charge in [-0.05, 0) is 66.0 Å². The second-order valence-electron chi connectivity index (χ2n) is 15.9. The van der Waals surface area contributed by atoms with E-state index in [1.807, 2.05) is 0 Å². The fourth-order valence-electron chi connectivity index (χ4n) is 10.5. The summed E-state index contributed by atoms with van der Waals surface area (Å²) in [5.41, 5.74) is 13.7. The van der Waals surface area contributed by atoms with Crippen LogP contribution in [0.5, 0.6) is 0 Å². The van der Waals surface area contributed by atoms with Crippen molar-refractivity contribution in [1.29, 1.82) is 0 Å². The molecule has 0 saturated heterocycles. The van der Waals surface area contributed by atoms with Crippen LogP contribution in [-0.2, 0) is 0 Å². The SMILES string of the molecule is c1ccc(-n2c3ccccc3c3cc(-c4nc5ccccc5cc4-n4c5c6ccccc6ccc5c5cc6c7ccccc7n7c8ccccc8c(c54)c67)ccc32)cc1. The summed E-state index contributed by atoms with van der Waals surface area (Å²) < 4.78 is 7.44. The Morgan fingerprint density at radius 3 is 1.80 bits per heavy atom. The Morgan fingerprint density at radius 2 is 0.966 bits per heavy atom. The minimum atomic E-state index is 0.952. The van der Waals surface area contributed by atoms with Crippen LogP contribution < -0.4 is 0 Å². The van der Waals surface area contributed by atoms with E-state index in [4.69, 9.17) is 4.98 Å². The lowest BCUT2D eigenvalue weighted by Crippen LogP contribution is -2.01. The maximum atomic E-state index is 5.62. The third-order valence-corrected chi connectivity index (χ3v) is 12.9. The first kappa shape index (κ1) is 31.2. The molecule has 14 rings (SSSR count). The molecule has 0 N–H and O–H groups in total. The number of hydrogen-bond acceptors (Lipinski definition) is 1. The largest absolute Gasteiger partial charge is 0.309 e. The van der Waals surface area contributed by atoms with E-state index in [9.17, 15) is 0 Å². The summed E-state index contributed by atoms with van der Waals surface area (Å²) in [4.78, 5) is 5.62. The Bertz CT molecular complexity index is 4070. The van der Waals surface area contributed by atoms with Gasteiger partial charge in [0.05, 0.1) is 55.5 Å². The molecule has 4 nitrogen and oxygen atoms in total. The van der Waals surface area contributed by atoms with Gasteiger partial charge in [0.15, 0.2) is 0 Å². The molecule has 0 atom stereocenters. The summed E-state index contributed by atoms with van der Waals surface area (Å²) >= 11 is 0. The normalized spacial score (nSPS) is 12.4. The Kier molecular flexibility index (Phi) is 5.99. The van der Waals surface area contributed by atoms with Crippen molar-refractivity contribution in [2.75, 3.05) is 0 Å². The molecule has 0 spiro atoms. The molecule has 0 aliphatic carbocycles. The molecule has 0 unspecified atom stereocenters. The smallest absolute Gasteiger partial charge is 0.0950 e. The molecule has 59 heavy (non-hydrogen) atoms. The van der Waals surface area contributed by atoms with Gasteiger partial charge < -0.3 is 13.5 Å². The van der Waals surface area contributed by atoms with Crippen molar-refractivity contribution in [3.63, 3.8) is 0 Å². The highest BCUT2D eigenvalue weighted by molar-refractivity contribution is 6.35. The molecule has 5 aromatic heterocycles. The standard InChI is InChI=1S/C55H32N4/c1-2-16-36(17-3-1)57-46-23-11-7-19-38(46)42-30-35(27-29-49(42)57)52-50(31-34-15-5-10-22-45(34)56-52)59-53-37-18-6-4-14-33(37)26-28-40(53)44-32-43-39-20-8-12-24-47(39)58-48-25-13-9-21-41(48)51(54(43)58)55(44)59/h1-32H. The summed E-state index contributed by atoms with van der Waals surface area (Å²) in [6, 6.07) is 71.0. The van der Waals surface area contributed by atoms with Crippen LogP contribution >= 0.6 is 0 Å². The zero-order chi connectivity index (χ0) is 38.3. The molecule has 14 aromatic rings. The van der Waals surface area contributed by atoms with Crippen LogP contribution in [0.3, 0.4) is 0 Å². The molecule has 272 valence electrons. The van der Waals surface area contributed by atoms with E-state index in [1.54, 1.807) is 0 Å². The zero-order valence-electron chi connectivity index (χ0n) is 31.8. The topological polar surface area (TPSA) is 27.2 Å². The molecule has 0 amide bonds. The number of hydrogen-bond donors (Lipinski definition) is 0. The number of nitrogens with zero attached hydrogens (tertiary/aromatic N) is 4. The van der Waals surface area contributed by atoms with Crippen LogP contribution in [0.4, 0.5) is 0 Å². The highest BCUT2D eigenvalue weighted by atomic mass is 15.0. The second kappa shape index (κ2) is 11.3. The van der Waals surface area contributed by atoms with Crippen LogP contribution in [0.25, 0.3) is 126 Å². The van der Waals surface area contributed by atoms with Crippen molar-refractivity contribution in [1.82, 2.24) is 18.5 Å². The van der Waals surface area contributed by atoms with Crippen molar-refractivity contribution < 1.29 is 0 Å². The summed E-state index contributed by atoms with van der Waals surface area (Å²) in [7, 11) is 0. The van der Waals surface area contributed by atoms with Crippen LogP contribution in [0, 0.1) is 0 Å². The molecule has 5 heterocycles. The van der Waals surface area contributed by atoms with Gasteiger partial charge in [-0.1, -0.05) is 133 Å². The number of fused-ring (bicyclic) bond motifs is 16. The monoisotopic (exact) mass is 748 g/mol. The first-order valence-corrected chi connectivity index (χ1v) is 20.3. The Labute approximate surface area is 337 Å². The van der Waals surface area contributed by atoms with E-state index in [2.05, 4.69) is 208 Å². The highest BCUT2D eigenvalue weighted by Crippen LogP contribution is 2.49. The molecule has 4 heteroatoms. The molecule has 0 fully saturated rings. The summed E-state index contributed by atoms with van der Waals surface area (Å²) in [5.74, 6) is 0. The van der Waals surface area contributed by atoms with E-state index in [0.29, 0.717) is 0 Å². The molecule has 9 aromatic carbocycles. The highest BCUT2D eigenvalue weighted by Gasteiger charge is 2.27. The lowest BCUT2D eigenvalue weighted by Gasteiger charge is -2.17. The lowest BCUT2D eigenvalue weighted by molar-refractivity contribution is 1.17. The molecule has 0 saturated carbocycles. The Morgan fingerprint density at radius 1 is 0.339 bits per heavy atom. The van der Waals surface area contributed by atoms with Crippen LogP contribution in [-0.4, -0.2) is 18.5 Å². The summed E-state index contributed by atoms with van der Waals surface area (Å²) in [6.45, 7) is 0. The van der Waals surface area contributed by atoms with E-state index in [-0.39, 0.29) is 0 Å². The minimum absolute atomic E-state index is 0.952. The Hall–Kier alpha value is -7.95. The fourth-order valence-corrected chi connectivity index (χ4v) is 10.5. The number of aromatic nitrogens is 4. The third-order valence-electron chi connectivity index (χ3n) is 12.9. The van der Waals surface area contributed by atoms with Crippen molar-refractivity contribution in [3.05, 3.63) is 194 Å². The number of benzene rings is 9. The van der Waals surface area contributed by atoms with Crippen LogP contribution in [0.15, 0.2) is 194 Å². The van der Waals surface area contributed by atoms with Gasteiger partial charge in [0.25, 0.3) is 0 Å². The molecular weight excluding hydrogens is 717 g/mol.